The molecule has 4 rings (SSSR count). The van der Waals surface area contributed by atoms with Crippen molar-refractivity contribution in [1.82, 2.24) is 4.68 Å². The van der Waals surface area contributed by atoms with Crippen LogP contribution in [0.4, 0.5) is 0 Å². The summed E-state index contributed by atoms with van der Waals surface area (Å²) in [4.78, 5) is 0. The highest BCUT2D eigenvalue weighted by Crippen LogP contribution is 2.37. The van der Waals surface area contributed by atoms with Crippen LogP contribution in [0.5, 0.6) is 0 Å². The molecule has 0 atom stereocenters. The van der Waals surface area contributed by atoms with Crippen LogP contribution in [0.15, 0.2) is 84.9 Å². The molecule has 0 fully saturated rings. The van der Waals surface area contributed by atoms with Gasteiger partial charge in [-0.1, -0.05) is 126 Å². The van der Waals surface area contributed by atoms with Gasteiger partial charge >= 0.3 is 0 Å². The molecule has 3 aromatic carbocycles. The lowest BCUT2D eigenvalue weighted by atomic mass is 10.0. The molecule has 0 amide bonds. The van der Waals surface area contributed by atoms with Crippen LogP contribution in [0.3, 0.4) is 0 Å². The smallest absolute Gasteiger partial charge is 0.0776 e. The maximum absolute atomic E-state index is 6.50. The summed E-state index contributed by atoms with van der Waals surface area (Å²) in [7, 11) is 0. The van der Waals surface area contributed by atoms with Crippen molar-refractivity contribution in [3.05, 3.63) is 84.9 Å². The van der Waals surface area contributed by atoms with Crippen molar-refractivity contribution in [2.45, 2.75) is 41.5 Å². The maximum Gasteiger partial charge on any atom is 0.0776 e. The second kappa shape index (κ2) is 12.4. The Morgan fingerprint density at radius 3 is 1.07 bits per heavy atom. The fraction of sp³-hybridized carbons (Fsp3) is 0.231. The summed E-state index contributed by atoms with van der Waals surface area (Å²) in [5, 5.41) is 2.35. The molecule has 2 nitrogen and oxygen atoms in total. The number of benzene rings is 3. The molecule has 0 saturated carbocycles. The van der Waals surface area contributed by atoms with E-state index in [1.165, 1.54) is 10.8 Å². The maximum atomic E-state index is 6.50. The molecule has 2 N–H and O–H groups in total. The first-order chi connectivity index (χ1) is 13.9. The molecule has 0 aliphatic heterocycles. The van der Waals surface area contributed by atoms with Gasteiger partial charge in [0.2, 0.25) is 0 Å². The topological polar surface area (TPSA) is 30.9 Å². The molecular weight excluding hydrogens is 340 g/mol. The van der Waals surface area contributed by atoms with E-state index in [1.54, 1.807) is 0 Å². The van der Waals surface area contributed by atoms with Gasteiger partial charge in [0.25, 0.3) is 0 Å². The molecule has 0 unspecified atom stereocenters. The highest BCUT2D eigenvalue weighted by Gasteiger charge is 2.17. The van der Waals surface area contributed by atoms with Crippen molar-refractivity contribution in [2.75, 3.05) is 5.84 Å². The first kappa shape index (κ1) is 23.0. The van der Waals surface area contributed by atoms with Gasteiger partial charge in [-0.2, -0.15) is 0 Å². The third-order valence-electron chi connectivity index (χ3n) is 4.01. The van der Waals surface area contributed by atoms with Gasteiger partial charge in [-0.3, -0.25) is 4.68 Å². The Labute approximate surface area is 170 Å². The number of nitrogens with zero attached hydrogens (tertiary/aromatic N) is 1. The number of hydrogen-bond donors (Lipinski definition) is 1. The number of aromatic nitrogens is 1. The average molecular weight is 375 g/mol. The van der Waals surface area contributed by atoms with Crippen LogP contribution in [0.1, 0.15) is 41.5 Å². The predicted octanol–water partition coefficient (Wildman–Crippen LogP) is 7.77. The minimum atomic E-state index is 1.05. The van der Waals surface area contributed by atoms with Crippen molar-refractivity contribution in [2.24, 2.45) is 0 Å². The summed E-state index contributed by atoms with van der Waals surface area (Å²) in [5.41, 5.74) is 4.36. The SMILES string of the molecule is CC.CC.CC.Nn1c(-c2ccccc2)c2ccccc2c1-c1ccccc1. The van der Waals surface area contributed by atoms with Gasteiger partial charge in [0.1, 0.15) is 0 Å². The lowest BCUT2D eigenvalue weighted by molar-refractivity contribution is 1.04. The first-order valence-corrected chi connectivity index (χ1v) is 10.4. The fourth-order valence-corrected chi connectivity index (χ4v) is 3.05. The first-order valence-electron chi connectivity index (χ1n) is 10.4. The number of fused-ring (bicyclic) bond motifs is 1. The van der Waals surface area contributed by atoms with Crippen molar-refractivity contribution in [3.63, 3.8) is 0 Å². The van der Waals surface area contributed by atoms with Crippen LogP contribution >= 0.6 is 0 Å². The number of rotatable bonds is 2. The largest absolute Gasteiger partial charge is 0.339 e. The summed E-state index contributed by atoms with van der Waals surface area (Å²) in [6.45, 7) is 12.0. The molecule has 0 bridgehead atoms. The van der Waals surface area contributed by atoms with Crippen molar-refractivity contribution < 1.29 is 0 Å². The summed E-state index contributed by atoms with van der Waals surface area (Å²) in [6.07, 6.45) is 0. The van der Waals surface area contributed by atoms with Crippen LogP contribution in [0, 0.1) is 0 Å². The molecule has 2 heteroatoms. The van der Waals surface area contributed by atoms with E-state index in [4.69, 9.17) is 5.84 Å². The molecule has 28 heavy (non-hydrogen) atoms. The molecule has 0 spiro atoms. The molecule has 1 aromatic heterocycles. The molecule has 148 valence electrons. The molecule has 0 radical (unpaired) electrons. The van der Waals surface area contributed by atoms with Crippen molar-refractivity contribution >= 4 is 10.8 Å². The van der Waals surface area contributed by atoms with E-state index >= 15 is 0 Å². The number of hydrogen-bond acceptors (Lipinski definition) is 1. The minimum Gasteiger partial charge on any atom is -0.339 e. The zero-order valence-electron chi connectivity index (χ0n) is 18.1. The van der Waals surface area contributed by atoms with E-state index in [1.807, 2.05) is 82.6 Å². The van der Waals surface area contributed by atoms with Crippen molar-refractivity contribution in [1.29, 1.82) is 0 Å². The van der Waals surface area contributed by atoms with Crippen LogP contribution in [-0.2, 0) is 0 Å². The Morgan fingerprint density at radius 1 is 0.464 bits per heavy atom. The lowest BCUT2D eigenvalue weighted by Gasteiger charge is -2.08. The second-order valence-electron chi connectivity index (χ2n) is 5.34. The van der Waals surface area contributed by atoms with Crippen LogP contribution in [0.25, 0.3) is 33.3 Å². The summed E-state index contributed by atoms with van der Waals surface area (Å²) in [5.74, 6) is 6.50. The van der Waals surface area contributed by atoms with E-state index in [-0.39, 0.29) is 0 Å². The van der Waals surface area contributed by atoms with Gasteiger partial charge < -0.3 is 5.84 Å². The second-order valence-corrected chi connectivity index (χ2v) is 5.34. The van der Waals surface area contributed by atoms with Crippen LogP contribution in [-0.4, -0.2) is 4.68 Å². The predicted molar refractivity (Wildman–Crippen MR) is 127 cm³/mol. The summed E-state index contributed by atoms with van der Waals surface area (Å²) >= 11 is 0. The van der Waals surface area contributed by atoms with Crippen LogP contribution in [0.2, 0.25) is 0 Å². The van der Waals surface area contributed by atoms with E-state index < -0.39 is 0 Å². The Bertz CT molecular complexity index is 846. The van der Waals surface area contributed by atoms with Gasteiger partial charge in [-0.25, -0.2) is 0 Å². The average Bonchev–Trinajstić information content (AvgIpc) is 3.11. The van der Waals surface area contributed by atoms with Gasteiger partial charge in [-0.15, -0.1) is 0 Å². The van der Waals surface area contributed by atoms with Gasteiger partial charge in [-0.05, 0) is 0 Å². The quantitative estimate of drug-likeness (QED) is 0.357. The Kier molecular flexibility index (Phi) is 10.2. The molecule has 0 aliphatic carbocycles. The minimum absolute atomic E-state index is 1.05. The Morgan fingerprint density at radius 2 is 0.750 bits per heavy atom. The Hall–Kier alpha value is -3.00. The molecular formula is C26H34N2. The number of nitrogens with two attached hydrogens (primary N) is 1. The summed E-state index contributed by atoms with van der Waals surface area (Å²) in [6, 6.07) is 29.0. The van der Waals surface area contributed by atoms with Gasteiger partial charge in [0.05, 0.1) is 11.4 Å². The molecule has 4 aromatic rings. The molecule has 1 heterocycles. The van der Waals surface area contributed by atoms with E-state index in [2.05, 4.69) is 48.5 Å². The van der Waals surface area contributed by atoms with E-state index in [0.29, 0.717) is 0 Å². The summed E-state index contributed by atoms with van der Waals surface area (Å²) < 4.78 is 1.81. The third-order valence-corrected chi connectivity index (χ3v) is 4.01. The number of nitrogen functional groups attached to an aromatic ring is 1. The van der Waals surface area contributed by atoms with Crippen LogP contribution < -0.4 is 5.84 Å². The lowest BCUT2D eigenvalue weighted by Crippen LogP contribution is -2.11. The third kappa shape index (κ3) is 4.83. The fourth-order valence-electron chi connectivity index (χ4n) is 3.05. The molecule has 0 saturated heterocycles. The van der Waals surface area contributed by atoms with Gasteiger partial charge in [0.15, 0.2) is 0 Å². The van der Waals surface area contributed by atoms with Gasteiger partial charge in [0, 0.05) is 21.9 Å². The molecule has 0 aliphatic rings. The van der Waals surface area contributed by atoms with E-state index in [9.17, 15) is 0 Å². The van der Waals surface area contributed by atoms with Crippen molar-refractivity contribution in [3.8, 4) is 22.5 Å². The normalized spacial score (nSPS) is 9.21. The highest BCUT2D eigenvalue weighted by atomic mass is 15.3. The zero-order valence-corrected chi connectivity index (χ0v) is 18.1. The standard InChI is InChI=1S/C20H16N2.3C2H6/c21-22-19(15-9-3-1-4-10-15)17-13-7-8-14-18(17)20(22)16-11-5-2-6-12-16;3*1-2/h1-14H,21H2;3*1-2H3. The Balaban J connectivity index is 0.000000599. The monoisotopic (exact) mass is 374 g/mol. The highest BCUT2D eigenvalue weighted by molar-refractivity contribution is 6.05. The zero-order chi connectivity index (χ0) is 20.9. The van der Waals surface area contributed by atoms with E-state index in [0.717, 1.165) is 22.5 Å².